The van der Waals surface area contributed by atoms with Crippen LogP contribution in [0.5, 0.6) is 0 Å². The minimum atomic E-state index is 0.0448. The second-order valence-electron chi connectivity index (χ2n) is 5.26. The molecule has 104 valence electrons. The van der Waals surface area contributed by atoms with Crippen LogP contribution in [-0.2, 0) is 0 Å². The molecule has 2 aliphatic heterocycles. The molecule has 5 heteroatoms. The van der Waals surface area contributed by atoms with Gasteiger partial charge in [0.25, 0.3) is 0 Å². The second kappa shape index (κ2) is 5.89. The van der Waals surface area contributed by atoms with Crippen molar-refractivity contribution in [1.82, 2.24) is 20.4 Å². The number of amides is 2. The highest BCUT2D eigenvalue weighted by molar-refractivity contribution is 5.75. The molecule has 2 N–H and O–H groups in total. The minimum absolute atomic E-state index is 0.0448. The molecule has 0 radical (unpaired) electrons. The highest BCUT2D eigenvalue weighted by Crippen LogP contribution is 2.28. The van der Waals surface area contributed by atoms with E-state index in [9.17, 15) is 4.79 Å². The third-order valence-corrected chi connectivity index (χ3v) is 4.34. The molecule has 0 atom stereocenters. The Hall–Kier alpha value is -0.810. The summed E-state index contributed by atoms with van der Waals surface area (Å²) in [6, 6.07) is 0.225. The first-order chi connectivity index (χ1) is 8.73. The number of piperazine rings is 1. The number of carbonyl (C=O) groups excluding carboxylic acids is 1. The maximum atomic E-state index is 12.6. The number of piperidine rings is 1. The van der Waals surface area contributed by atoms with Crippen LogP contribution in [0.15, 0.2) is 0 Å². The zero-order valence-electron chi connectivity index (χ0n) is 11.7. The Labute approximate surface area is 110 Å². The average Bonchev–Trinajstić information content (AvgIpc) is 2.41. The molecule has 2 saturated heterocycles. The van der Waals surface area contributed by atoms with Crippen LogP contribution in [0.1, 0.15) is 26.7 Å². The summed E-state index contributed by atoms with van der Waals surface area (Å²) in [5, 5.41) is 6.86. The molecule has 5 nitrogen and oxygen atoms in total. The Morgan fingerprint density at radius 2 is 1.83 bits per heavy atom. The van der Waals surface area contributed by atoms with E-state index in [0.717, 1.165) is 58.7 Å². The van der Waals surface area contributed by atoms with Gasteiger partial charge in [-0.1, -0.05) is 0 Å². The van der Waals surface area contributed by atoms with Crippen LogP contribution < -0.4 is 10.6 Å². The molecule has 2 fully saturated rings. The quantitative estimate of drug-likeness (QED) is 0.753. The molecule has 0 bridgehead atoms. The molecule has 2 rings (SSSR count). The zero-order valence-corrected chi connectivity index (χ0v) is 11.7. The van der Waals surface area contributed by atoms with Crippen molar-refractivity contribution in [1.29, 1.82) is 0 Å². The summed E-state index contributed by atoms with van der Waals surface area (Å²) in [5.74, 6) is 0. The van der Waals surface area contributed by atoms with E-state index < -0.39 is 0 Å². The van der Waals surface area contributed by atoms with Crippen molar-refractivity contribution in [2.24, 2.45) is 0 Å². The lowest BCUT2D eigenvalue weighted by Gasteiger charge is -2.50. The number of hydrogen-bond acceptors (Lipinski definition) is 3. The fourth-order valence-corrected chi connectivity index (χ4v) is 3.15. The zero-order chi connectivity index (χ0) is 13.0. The number of rotatable bonds is 2. The standard InChI is InChI=1S/C13H26N4O/c1-3-16(4-2)12(18)17-10-9-15-11-13(17)5-7-14-8-6-13/h14-15H,3-11H2,1-2H3. The molecule has 0 aromatic rings. The summed E-state index contributed by atoms with van der Waals surface area (Å²) in [6.07, 6.45) is 2.13. The van der Waals surface area contributed by atoms with E-state index >= 15 is 0 Å². The fourth-order valence-electron chi connectivity index (χ4n) is 3.15. The highest BCUT2D eigenvalue weighted by Gasteiger charge is 2.43. The Morgan fingerprint density at radius 3 is 2.44 bits per heavy atom. The average molecular weight is 254 g/mol. The fraction of sp³-hybridized carbons (Fsp3) is 0.923. The molecule has 2 aliphatic rings. The molecule has 2 heterocycles. The van der Waals surface area contributed by atoms with Crippen molar-refractivity contribution >= 4 is 6.03 Å². The summed E-state index contributed by atoms with van der Waals surface area (Å²) in [5.41, 5.74) is 0.0448. The highest BCUT2D eigenvalue weighted by atomic mass is 16.2. The van der Waals surface area contributed by atoms with Crippen molar-refractivity contribution in [2.75, 3.05) is 45.8 Å². The smallest absolute Gasteiger partial charge is 0.320 e. The summed E-state index contributed by atoms with van der Waals surface area (Å²) < 4.78 is 0. The summed E-state index contributed by atoms with van der Waals surface area (Å²) in [4.78, 5) is 16.7. The van der Waals surface area contributed by atoms with E-state index in [2.05, 4.69) is 29.4 Å². The minimum Gasteiger partial charge on any atom is -0.325 e. The van der Waals surface area contributed by atoms with Gasteiger partial charge >= 0.3 is 6.03 Å². The van der Waals surface area contributed by atoms with Gasteiger partial charge in [0.2, 0.25) is 0 Å². The van der Waals surface area contributed by atoms with Gasteiger partial charge in [-0.25, -0.2) is 4.79 Å². The molecule has 0 aliphatic carbocycles. The number of nitrogens with one attached hydrogen (secondary N) is 2. The van der Waals surface area contributed by atoms with Crippen LogP contribution in [0.4, 0.5) is 4.79 Å². The maximum Gasteiger partial charge on any atom is 0.320 e. The Balaban J connectivity index is 2.14. The molecule has 18 heavy (non-hydrogen) atoms. The lowest BCUT2D eigenvalue weighted by Crippen LogP contribution is -2.67. The van der Waals surface area contributed by atoms with E-state index in [-0.39, 0.29) is 11.6 Å². The molecule has 0 aromatic heterocycles. The first-order valence-electron chi connectivity index (χ1n) is 7.21. The first kappa shape index (κ1) is 13.6. The van der Waals surface area contributed by atoms with Crippen LogP contribution >= 0.6 is 0 Å². The van der Waals surface area contributed by atoms with Gasteiger partial charge in [-0.2, -0.15) is 0 Å². The summed E-state index contributed by atoms with van der Waals surface area (Å²) in [6.45, 7) is 10.4. The topological polar surface area (TPSA) is 47.6 Å². The lowest BCUT2D eigenvalue weighted by atomic mass is 9.85. The van der Waals surface area contributed by atoms with Gasteiger partial charge in [-0.05, 0) is 39.8 Å². The number of carbonyl (C=O) groups is 1. The summed E-state index contributed by atoms with van der Waals surface area (Å²) >= 11 is 0. The first-order valence-corrected chi connectivity index (χ1v) is 7.21. The van der Waals surface area contributed by atoms with Gasteiger partial charge in [-0.3, -0.25) is 0 Å². The monoisotopic (exact) mass is 254 g/mol. The third-order valence-electron chi connectivity index (χ3n) is 4.34. The Kier molecular flexibility index (Phi) is 4.45. The number of urea groups is 1. The SMILES string of the molecule is CCN(CC)C(=O)N1CCNCC12CCNCC2. The van der Waals surface area contributed by atoms with E-state index in [1.165, 1.54) is 0 Å². The predicted molar refractivity (Wildman–Crippen MR) is 72.7 cm³/mol. The molecular weight excluding hydrogens is 228 g/mol. The third kappa shape index (κ3) is 2.47. The predicted octanol–water partition coefficient (Wildman–Crippen LogP) is 0.476. The van der Waals surface area contributed by atoms with Gasteiger partial charge in [0.15, 0.2) is 0 Å². The van der Waals surface area contributed by atoms with E-state index in [4.69, 9.17) is 0 Å². The van der Waals surface area contributed by atoms with Crippen molar-refractivity contribution in [2.45, 2.75) is 32.2 Å². The van der Waals surface area contributed by atoms with Crippen LogP contribution in [0.2, 0.25) is 0 Å². The van der Waals surface area contributed by atoms with Gasteiger partial charge in [0, 0.05) is 32.7 Å². The molecule has 0 aromatic carbocycles. The van der Waals surface area contributed by atoms with Crippen LogP contribution in [0.3, 0.4) is 0 Å². The second-order valence-corrected chi connectivity index (χ2v) is 5.26. The van der Waals surface area contributed by atoms with Gasteiger partial charge in [0.05, 0.1) is 5.54 Å². The van der Waals surface area contributed by atoms with E-state index in [1.807, 2.05) is 4.90 Å². The van der Waals surface area contributed by atoms with Crippen LogP contribution in [0, 0.1) is 0 Å². The van der Waals surface area contributed by atoms with Crippen molar-refractivity contribution in [3.63, 3.8) is 0 Å². The Bertz CT molecular complexity index is 276. The molecule has 0 saturated carbocycles. The molecule has 1 spiro atoms. The van der Waals surface area contributed by atoms with Crippen LogP contribution in [0.25, 0.3) is 0 Å². The van der Waals surface area contributed by atoms with Gasteiger partial charge < -0.3 is 20.4 Å². The number of hydrogen-bond donors (Lipinski definition) is 2. The number of nitrogens with zero attached hydrogens (tertiary/aromatic N) is 2. The molecule has 2 amide bonds. The van der Waals surface area contributed by atoms with Crippen molar-refractivity contribution < 1.29 is 4.79 Å². The van der Waals surface area contributed by atoms with Crippen molar-refractivity contribution in [3.05, 3.63) is 0 Å². The van der Waals surface area contributed by atoms with Gasteiger partial charge in [-0.15, -0.1) is 0 Å². The lowest BCUT2D eigenvalue weighted by molar-refractivity contribution is 0.0453. The normalized spacial score (nSPS) is 23.1. The Morgan fingerprint density at radius 1 is 1.17 bits per heavy atom. The largest absolute Gasteiger partial charge is 0.325 e. The molecular formula is C13H26N4O. The van der Waals surface area contributed by atoms with Crippen molar-refractivity contribution in [3.8, 4) is 0 Å². The van der Waals surface area contributed by atoms with E-state index in [0.29, 0.717) is 0 Å². The maximum absolute atomic E-state index is 12.6. The van der Waals surface area contributed by atoms with E-state index in [1.54, 1.807) is 0 Å². The van der Waals surface area contributed by atoms with Crippen LogP contribution in [-0.4, -0.2) is 67.2 Å². The van der Waals surface area contributed by atoms with Gasteiger partial charge in [0.1, 0.15) is 0 Å². The summed E-state index contributed by atoms with van der Waals surface area (Å²) in [7, 11) is 0. The molecule has 0 unspecified atom stereocenters.